The summed E-state index contributed by atoms with van der Waals surface area (Å²) in [6.45, 7) is 7.84. The maximum absolute atomic E-state index is 12.5. The first kappa shape index (κ1) is 23.3. The molecule has 0 bridgehead atoms. The van der Waals surface area contributed by atoms with Gasteiger partial charge in [-0.05, 0) is 55.9 Å². The van der Waals surface area contributed by atoms with Crippen molar-refractivity contribution in [3.63, 3.8) is 0 Å². The van der Waals surface area contributed by atoms with Crippen molar-refractivity contribution in [1.82, 2.24) is 10.2 Å². The third-order valence-corrected chi connectivity index (χ3v) is 8.12. The quantitative estimate of drug-likeness (QED) is 0.679. The third-order valence-electron chi connectivity index (χ3n) is 6.25. The zero-order valence-corrected chi connectivity index (χ0v) is 19.4. The van der Waals surface area contributed by atoms with Crippen LogP contribution in [0, 0.1) is 11.8 Å². The number of nitrogens with zero attached hydrogens (tertiary/aromatic N) is 2. The van der Waals surface area contributed by atoms with Crippen molar-refractivity contribution in [2.24, 2.45) is 11.8 Å². The number of carbonyl (C=O) groups excluding carboxylic acids is 2. The molecule has 2 aliphatic rings. The zero-order chi connectivity index (χ0) is 22.6. The number of likely N-dealkylation sites (tertiary alicyclic amines) is 1. The van der Waals surface area contributed by atoms with Crippen LogP contribution in [0.15, 0.2) is 30.3 Å². The monoisotopic (exact) mass is 447 g/mol. The van der Waals surface area contributed by atoms with Gasteiger partial charge in [0.25, 0.3) is 0 Å². The second kappa shape index (κ2) is 9.85. The second-order valence-corrected chi connectivity index (χ2v) is 10.8. The van der Waals surface area contributed by atoms with E-state index >= 15 is 0 Å². The lowest BCUT2D eigenvalue weighted by Gasteiger charge is -2.31. The van der Waals surface area contributed by atoms with Crippen LogP contribution < -0.4 is 9.62 Å². The number of carbonyl (C=O) groups is 2. The molecule has 8 heteroatoms. The number of hydrogen-bond acceptors (Lipinski definition) is 4. The van der Waals surface area contributed by atoms with Crippen molar-refractivity contribution in [3.05, 3.63) is 35.9 Å². The first-order valence-corrected chi connectivity index (χ1v) is 12.7. The summed E-state index contributed by atoms with van der Waals surface area (Å²) in [5, 5.41) is 3.07. The van der Waals surface area contributed by atoms with Crippen LogP contribution in [-0.2, 0) is 19.6 Å². The molecule has 2 aliphatic heterocycles. The Bertz CT molecular complexity index is 917. The summed E-state index contributed by atoms with van der Waals surface area (Å²) in [6, 6.07) is 7.33. The smallest absolute Gasteiger partial charge is 0.246 e. The summed E-state index contributed by atoms with van der Waals surface area (Å²) >= 11 is 0. The van der Waals surface area contributed by atoms with Crippen LogP contribution in [0.3, 0.4) is 0 Å². The van der Waals surface area contributed by atoms with Gasteiger partial charge in [-0.2, -0.15) is 0 Å². The molecule has 2 amide bonds. The topological polar surface area (TPSA) is 86.8 Å². The van der Waals surface area contributed by atoms with Crippen LogP contribution in [0.2, 0.25) is 0 Å². The molecule has 3 rings (SSSR count). The Morgan fingerprint density at radius 2 is 1.71 bits per heavy atom. The molecular formula is C23H33N3O4S. The molecule has 0 saturated carbocycles. The minimum atomic E-state index is -3.19. The van der Waals surface area contributed by atoms with Crippen LogP contribution in [0.4, 0.5) is 5.69 Å². The molecule has 0 spiro atoms. The van der Waals surface area contributed by atoms with Crippen LogP contribution >= 0.6 is 0 Å². The Hall–Kier alpha value is -2.35. The number of hydrogen-bond donors (Lipinski definition) is 1. The third kappa shape index (κ3) is 5.87. The fraction of sp³-hybridized carbons (Fsp3) is 0.565. The molecule has 1 atom stereocenters. The fourth-order valence-electron chi connectivity index (χ4n) is 3.83. The van der Waals surface area contributed by atoms with Crippen molar-refractivity contribution in [2.45, 2.75) is 46.1 Å². The lowest BCUT2D eigenvalue weighted by atomic mass is 9.94. The summed E-state index contributed by atoms with van der Waals surface area (Å²) in [5.41, 5.74) is 1.50. The van der Waals surface area contributed by atoms with Crippen molar-refractivity contribution in [1.29, 1.82) is 0 Å². The largest absolute Gasteiger partial charge is 0.353 e. The van der Waals surface area contributed by atoms with Gasteiger partial charge in [-0.3, -0.25) is 13.9 Å². The average Bonchev–Trinajstić information content (AvgIpc) is 3.11. The molecule has 1 unspecified atom stereocenters. The molecule has 2 heterocycles. The van der Waals surface area contributed by atoms with E-state index in [0.29, 0.717) is 50.5 Å². The van der Waals surface area contributed by atoms with Crippen molar-refractivity contribution >= 4 is 33.6 Å². The van der Waals surface area contributed by atoms with E-state index < -0.39 is 10.0 Å². The highest BCUT2D eigenvalue weighted by Crippen LogP contribution is 2.24. The van der Waals surface area contributed by atoms with Crippen molar-refractivity contribution in [2.75, 3.05) is 29.7 Å². The summed E-state index contributed by atoms with van der Waals surface area (Å²) in [4.78, 5) is 26.7. The first-order valence-electron chi connectivity index (χ1n) is 11.1. The van der Waals surface area contributed by atoms with Crippen LogP contribution in [-0.4, -0.2) is 56.6 Å². The van der Waals surface area contributed by atoms with E-state index in [1.807, 2.05) is 19.1 Å². The van der Waals surface area contributed by atoms with Crippen LogP contribution in [0.1, 0.15) is 45.6 Å². The molecule has 170 valence electrons. The van der Waals surface area contributed by atoms with Gasteiger partial charge in [0, 0.05) is 37.7 Å². The number of sulfonamides is 1. The molecule has 7 nitrogen and oxygen atoms in total. The van der Waals surface area contributed by atoms with Crippen LogP contribution in [0.25, 0.3) is 6.08 Å². The van der Waals surface area contributed by atoms with Gasteiger partial charge >= 0.3 is 0 Å². The number of piperidine rings is 1. The normalized spacial score (nSPS) is 20.4. The Balaban J connectivity index is 1.50. The number of benzene rings is 1. The summed E-state index contributed by atoms with van der Waals surface area (Å²) in [5.74, 6) is 0.566. The van der Waals surface area contributed by atoms with E-state index in [4.69, 9.17) is 0 Å². The highest BCUT2D eigenvalue weighted by molar-refractivity contribution is 7.93. The highest BCUT2D eigenvalue weighted by Gasteiger charge is 2.29. The van der Waals surface area contributed by atoms with Gasteiger partial charge < -0.3 is 10.2 Å². The van der Waals surface area contributed by atoms with Gasteiger partial charge in [0.2, 0.25) is 21.8 Å². The molecule has 0 aliphatic carbocycles. The first-order chi connectivity index (χ1) is 14.7. The zero-order valence-electron chi connectivity index (χ0n) is 18.6. The van der Waals surface area contributed by atoms with E-state index in [2.05, 4.69) is 19.2 Å². The van der Waals surface area contributed by atoms with Gasteiger partial charge in [0.15, 0.2) is 0 Å². The molecule has 2 saturated heterocycles. The predicted molar refractivity (Wildman–Crippen MR) is 123 cm³/mol. The maximum Gasteiger partial charge on any atom is 0.246 e. The number of anilines is 1. The highest BCUT2D eigenvalue weighted by atomic mass is 32.2. The van der Waals surface area contributed by atoms with Gasteiger partial charge in [-0.1, -0.05) is 26.0 Å². The molecule has 0 radical (unpaired) electrons. The lowest BCUT2D eigenvalue weighted by Crippen LogP contribution is -2.45. The Morgan fingerprint density at radius 3 is 2.26 bits per heavy atom. The Morgan fingerprint density at radius 1 is 1.06 bits per heavy atom. The van der Waals surface area contributed by atoms with E-state index in [9.17, 15) is 18.0 Å². The maximum atomic E-state index is 12.5. The summed E-state index contributed by atoms with van der Waals surface area (Å²) in [7, 11) is -3.19. The van der Waals surface area contributed by atoms with Gasteiger partial charge in [-0.25, -0.2) is 8.42 Å². The predicted octanol–water partition coefficient (Wildman–Crippen LogP) is 2.64. The van der Waals surface area contributed by atoms with E-state index in [1.165, 1.54) is 4.31 Å². The SMILES string of the molecule is CC(C)C(C)NC(=O)C1CCN(C(=O)/C=C/c2ccc(N3CCCS3(=O)=O)cc2)CC1. The summed E-state index contributed by atoms with van der Waals surface area (Å²) in [6.07, 6.45) is 5.29. The van der Waals surface area contributed by atoms with Crippen molar-refractivity contribution in [3.8, 4) is 0 Å². The molecule has 2 fully saturated rings. The average molecular weight is 448 g/mol. The van der Waals surface area contributed by atoms with Gasteiger partial charge in [-0.15, -0.1) is 0 Å². The van der Waals surface area contributed by atoms with Crippen molar-refractivity contribution < 1.29 is 18.0 Å². The van der Waals surface area contributed by atoms with Gasteiger partial charge in [0.1, 0.15) is 0 Å². The lowest BCUT2D eigenvalue weighted by molar-refractivity contribution is -0.132. The standard InChI is InChI=1S/C23H33N3O4S/c1-17(2)18(3)24-23(28)20-11-14-25(15-12-20)22(27)10-7-19-5-8-21(9-6-19)26-13-4-16-31(26,29)30/h5-10,17-18,20H,4,11-16H2,1-3H3,(H,24,28)/b10-7+. The number of nitrogens with one attached hydrogen (secondary N) is 1. The molecule has 31 heavy (non-hydrogen) atoms. The summed E-state index contributed by atoms with van der Waals surface area (Å²) < 4.78 is 25.5. The molecule has 1 aromatic carbocycles. The van der Waals surface area contributed by atoms with Gasteiger partial charge in [0.05, 0.1) is 11.4 Å². The number of amides is 2. The van der Waals surface area contributed by atoms with E-state index in [1.54, 1.807) is 29.2 Å². The Labute approximate surface area is 185 Å². The number of rotatable bonds is 6. The van der Waals surface area contributed by atoms with E-state index in [0.717, 1.165) is 5.56 Å². The van der Waals surface area contributed by atoms with E-state index in [-0.39, 0.29) is 29.5 Å². The molecule has 0 aromatic heterocycles. The second-order valence-electron chi connectivity index (χ2n) is 8.81. The van der Waals surface area contributed by atoms with Crippen LogP contribution in [0.5, 0.6) is 0 Å². The minimum Gasteiger partial charge on any atom is -0.353 e. The molecular weight excluding hydrogens is 414 g/mol. The Kier molecular flexibility index (Phi) is 7.41. The minimum absolute atomic E-state index is 0.0383. The molecule has 1 N–H and O–H groups in total. The fourth-order valence-corrected chi connectivity index (χ4v) is 5.39. The molecule has 1 aromatic rings.